The van der Waals surface area contributed by atoms with Gasteiger partial charge in [-0.2, -0.15) is 0 Å². The van der Waals surface area contributed by atoms with Crippen LogP contribution in [0.25, 0.3) is 10.8 Å². The number of benzene rings is 2. The average Bonchev–Trinajstić information content (AvgIpc) is 2.61. The molecule has 0 aromatic heterocycles. The van der Waals surface area contributed by atoms with Gasteiger partial charge in [0.05, 0.1) is 12.2 Å². The van der Waals surface area contributed by atoms with Crippen LogP contribution in [-0.4, -0.2) is 11.5 Å². The van der Waals surface area contributed by atoms with Crippen molar-refractivity contribution in [3.63, 3.8) is 0 Å². The van der Waals surface area contributed by atoms with E-state index < -0.39 is 0 Å². The number of hydrogen-bond donors (Lipinski definition) is 0. The van der Waals surface area contributed by atoms with Crippen molar-refractivity contribution in [2.45, 2.75) is 62.5 Å². The lowest BCUT2D eigenvalue weighted by Gasteiger charge is -2.39. The van der Waals surface area contributed by atoms with Crippen LogP contribution in [-0.2, 0) is 4.74 Å². The minimum Gasteiger partial charge on any atom is -0.370 e. The largest absolute Gasteiger partial charge is 0.370 e. The molecule has 1 nitrogen and oxygen atoms in total. The third-order valence-corrected chi connectivity index (χ3v) is 6.00. The molecule has 0 unspecified atom stereocenters. The van der Waals surface area contributed by atoms with Gasteiger partial charge in [0.1, 0.15) is 0 Å². The van der Waals surface area contributed by atoms with E-state index in [0.717, 1.165) is 12.8 Å². The van der Waals surface area contributed by atoms with Crippen molar-refractivity contribution in [1.82, 2.24) is 0 Å². The van der Waals surface area contributed by atoms with Gasteiger partial charge in [0.25, 0.3) is 0 Å². The molecule has 1 saturated heterocycles. The number of hydrogen-bond acceptors (Lipinski definition) is 1. The van der Waals surface area contributed by atoms with Gasteiger partial charge in [-0.25, -0.2) is 0 Å². The molecule has 4 rings (SSSR count). The van der Waals surface area contributed by atoms with Crippen LogP contribution < -0.4 is 0 Å². The van der Waals surface area contributed by atoms with Gasteiger partial charge >= 0.3 is 0 Å². The first-order valence-electron chi connectivity index (χ1n) is 9.08. The van der Waals surface area contributed by atoms with Gasteiger partial charge in [-0.1, -0.05) is 61.7 Å². The van der Waals surface area contributed by atoms with Gasteiger partial charge in [0, 0.05) is 5.38 Å². The summed E-state index contributed by atoms with van der Waals surface area (Å²) in [6, 6.07) is 15.2. The van der Waals surface area contributed by atoms with Crippen molar-refractivity contribution in [3.8, 4) is 0 Å². The molecule has 2 aromatic rings. The molecule has 0 spiro atoms. The molecule has 2 aliphatic rings. The highest BCUT2D eigenvalue weighted by molar-refractivity contribution is 6.20. The molecule has 0 amide bonds. The van der Waals surface area contributed by atoms with E-state index in [4.69, 9.17) is 16.3 Å². The van der Waals surface area contributed by atoms with Crippen LogP contribution in [0.5, 0.6) is 0 Å². The summed E-state index contributed by atoms with van der Waals surface area (Å²) in [7, 11) is 0. The van der Waals surface area contributed by atoms with Crippen molar-refractivity contribution >= 4 is 22.4 Å². The molecule has 0 N–H and O–H groups in total. The molecular weight excluding hydrogens is 304 g/mol. The predicted octanol–water partition coefficient (Wildman–Crippen LogP) is 6.25. The molecule has 1 aliphatic heterocycles. The summed E-state index contributed by atoms with van der Waals surface area (Å²) in [5.74, 6) is 0.711. The second-order valence-corrected chi connectivity index (χ2v) is 7.82. The van der Waals surface area contributed by atoms with E-state index in [1.54, 1.807) is 0 Å². The van der Waals surface area contributed by atoms with Crippen LogP contribution in [0.2, 0.25) is 0 Å². The van der Waals surface area contributed by atoms with Crippen LogP contribution in [0.1, 0.15) is 56.6 Å². The highest BCUT2D eigenvalue weighted by Gasteiger charge is 2.35. The molecule has 1 heterocycles. The summed E-state index contributed by atoms with van der Waals surface area (Å²) in [6.45, 7) is 0. The van der Waals surface area contributed by atoms with Crippen LogP contribution in [0.3, 0.4) is 0 Å². The highest BCUT2D eigenvalue weighted by atomic mass is 35.5. The Morgan fingerprint density at radius 1 is 0.870 bits per heavy atom. The van der Waals surface area contributed by atoms with Crippen LogP contribution in [0.4, 0.5) is 0 Å². The summed E-state index contributed by atoms with van der Waals surface area (Å²) in [4.78, 5) is 0. The SMILES string of the molecule is Cl[C@H]1C[C@@H](C2CCCCC2)O[C@@H](c2cccc3ccccc23)C1. The van der Waals surface area contributed by atoms with Crippen molar-refractivity contribution in [2.24, 2.45) is 5.92 Å². The molecule has 1 aliphatic carbocycles. The standard InChI is InChI=1S/C21H25ClO/c22-17-13-20(16-8-2-1-3-9-16)23-21(14-17)19-12-6-10-15-7-4-5-11-18(15)19/h4-7,10-12,16-17,20-21H,1-3,8-9,13-14H2/t17-,20-,21+/m0/s1. The first-order valence-corrected chi connectivity index (χ1v) is 9.52. The number of rotatable bonds is 2. The second kappa shape index (κ2) is 6.83. The van der Waals surface area contributed by atoms with E-state index in [9.17, 15) is 0 Å². The molecule has 23 heavy (non-hydrogen) atoms. The van der Waals surface area contributed by atoms with E-state index in [1.165, 1.54) is 48.4 Å². The van der Waals surface area contributed by atoms with Crippen molar-refractivity contribution in [1.29, 1.82) is 0 Å². The van der Waals surface area contributed by atoms with E-state index in [-0.39, 0.29) is 11.5 Å². The van der Waals surface area contributed by atoms with Gasteiger partial charge < -0.3 is 4.74 Å². The lowest BCUT2D eigenvalue weighted by atomic mass is 9.81. The third-order valence-electron chi connectivity index (χ3n) is 5.64. The van der Waals surface area contributed by atoms with Gasteiger partial charge in [-0.05, 0) is 47.9 Å². The quantitative estimate of drug-likeness (QED) is 0.592. The minimum atomic E-state index is 0.143. The molecule has 2 fully saturated rings. The molecule has 122 valence electrons. The summed E-state index contributed by atoms with van der Waals surface area (Å²) >= 11 is 6.65. The van der Waals surface area contributed by atoms with E-state index in [1.807, 2.05) is 0 Å². The third kappa shape index (κ3) is 3.27. The Balaban J connectivity index is 1.62. The fourth-order valence-corrected chi connectivity index (χ4v) is 4.78. The number of ether oxygens (including phenoxy) is 1. The Bertz CT molecular complexity index is 656. The number of halogens is 1. The van der Waals surface area contributed by atoms with Crippen LogP contribution >= 0.6 is 11.6 Å². The fourth-order valence-electron chi connectivity index (χ4n) is 4.44. The molecule has 0 radical (unpaired) electrons. The van der Waals surface area contributed by atoms with Gasteiger partial charge in [0.15, 0.2) is 0 Å². The predicted molar refractivity (Wildman–Crippen MR) is 97.0 cm³/mol. The monoisotopic (exact) mass is 328 g/mol. The zero-order valence-corrected chi connectivity index (χ0v) is 14.3. The maximum Gasteiger partial charge on any atom is 0.0848 e. The average molecular weight is 329 g/mol. The fraction of sp³-hybridized carbons (Fsp3) is 0.524. The van der Waals surface area contributed by atoms with Crippen LogP contribution in [0, 0.1) is 5.92 Å². The van der Waals surface area contributed by atoms with E-state index >= 15 is 0 Å². The Morgan fingerprint density at radius 2 is 1.65 bits per heavy atom. The molecular formula is C21H25ClO. The zero-order valence-electron chi connectivity index (χ0n) is 13.6. The normalized spacial score (nSPS) is 29.7. The minimum absolute atomic E-state index is 0.143. The van der Waals surface area contributed by atoms with E-state index in [2.05, 4.69) is 42.5 Å². The number of alkyl halides is 1. The molecule has 3 atom stereocenters. The summed E-state index contributed by atoms with van der Waals surface area (Å²) in [5, 5.41) is 2.84. The van der Waals surface area contributed by atoms with Crippen molar-refractivity contribution in [2.75, 3.05) is 0 Å². The molecule has 1 saturated carbocycles. The van der Waals surface area contributed by atoms with E-state index in [0.29, 0.717) is 12.0 Å². The van der Waals surface area contributed by atoms with Gasteiger partial charge in [-0.15, -0.1) is 11.6 Å². The summed E-state index contributed by atoms with van der Waals surface area (Å²) in [6.07, 6.45) is 9.17. The Morgan fingerprint density at radius 3 is 2.52 bits per heavy atom. The highest BCUT2D eigenvalue weighted by Crippen LogP contribution is 2.41. The lowest BCUT2D eigenvalue weighted by Crippen LogP contribution is -2.35. The topological polar surface area (TPSA) is 9.23 Å². The van der Waals surface area contributed by atoms with Crippen molar-refractivity contribution in [3.05, 3.63) is 48.0 Å². The first-order chi connectivity index (χ1) is 11.3. The summed E-state index contributed by atoms with van der Waals surface area (Å²) < 4.78 is 6.61. The summed E-state index contributed by atoms with van der Waals surface area (Å²) in [5.41, 5.74) is 1.31. The maximum absolute atomic E-state index is 6.65. The van der Waals surface area contributed by atoms with Gasteiger partial charge in [0.2, 0.25) is 0 Å². The molecule has 0 bridgehead atoms. The Labute approximate surface area is 144 Å². The van der Waals surface area contributed by atoms with Gasteiger partial charge in [-0.3, -0.25) is 0 Å². The zero-order chi connectivity index (χ0) is 15.6. The Hall–Kier alpha value is -1.05. The first kappa shape index (κ1) is 15.5. The lowest BCUT2D eigenvalue weighted by molar-refractivity contribution is -0.0836. The maximum atomic E-state index is 6.65. The second-order valence-electron chi connectivity index (χ2n) is 7.20. The molecule has 2 aromatic carbocycles. The Kier molecular flexibility index (Phi) is 4.59. The smallest absolute Gasteiger partial charge is 0.0848 e. The van der Waals surface area contributed by atoms with Crippen LogP contribution in [0.15, 0.2) is 42.5 Å². The van der Waals surface area contributed by atoms with Crippen molar-refractivity contribution < 1.29 is 4.74 Å². The molecule has 2 heteroatoms. The number of fused-ring (bicyclic) bond motifs is 1.